The summed E-state index contributed by atoms with van der Waals surface area (Å²) >= 11 is 0. The number of hydrogen-bond acceptors (Lipinski definition) is 10. The van der Waals surface area contributed by atoms with Crippen LogP contribution in [0.3, 0.4) is 0 Å². The van der Waals surface area contributed by atoms with Crippen LogP contribution in [-0.4, -0.2) is 75.4 Å². The quantitative estimate of drug-likeness (QED) is 0.0635. The number of ketones is 1. The molecule has 6 N–H and O–H groups in total. The van der Waals surface area contributed by atoms with Gasteiger partial charge in [0.15, 0.2) is 5.78 Å². The molecular weight excluding hydrogens is 837 g/mol. The normalized spacial score (nSPS) is 13.7. The third-order valence-corrected chi connectivity index (χ3v) is 10.9. The molecule has 0 radical (unpaired) electrons. The molecule has 5 rings (SSSR count). The van der Waals surface area contributed by atoms with Crippen LogP contribution in [0.25, 0.3) is 11.1 Å². The predicted molar refractivity (Wildman–Crippen MR) is 240 cm³/mol. The monoisotopic (exact) mass is 893 g/mol. The van der Waals surface area contributed by atoms with E-state index in [2.05, 4.69) is 5.32 Å². The molecule has 5 unspecified atom stereocenters. The highest BCUT2D eigenvalue weighted by Crippen LogP contribution is 2.41. The highest BCUT2D eigenvalue weighted by Gasteiger charge is 2.41. The highest BCUT2D eigenvalue weighted by atomic mass is 19.1. The maximum atomic E-state index is 15.2. The minimum absolute atomic E-state index is 0.00608. The van der Waals surface area contributed by atoms with E-state index in [1.54, 1.807) is 72.9 Å². The van der Waals surface area contributed by atoms with Gasteiger partial charge in [0.05, 0.1) is 30.5 Å². The number of nitrogens with one attached hydrogen (secondary N) is 1. The predicted octanol–water partition coefficient (Wildman–Crippen LogP) is 6.00. The fourth-order valence-electron chi connectivity index (χ4n) is 7.61. The van der Waals surface area contributed by atoms with E-state index < -0.39 is 89.7 Å². The fourth-order valence-corrected chi connectivity index (χ4v) is 7.61. The van der Waals surface area contributed by atoms with Gasteiger partial charge in [-0.1, -0.05) is 112 Å². The summed E-state index contributed by atoms with van der Waals surface area (Å²) in [5, 5.41) is 12.9. The summed E-state index contributed by atoms with van der Waals surface area (Å²) < 4.78 is 42.6. The lowest BCUT2D eigenvalue weighted by Crippen LogP contribution is -2.56. The van der Waals surface area contributed by atoms with Crippen LogP contribution in [0.4, 0.5) is 8.78 Å². The van der Waals surface area contributed by atoms with Crippen LogP contribution in [0.1, 0.15) is 69.0 Å². The molecule has 4 aromatic carbocycles. The van der Waals surface area contributed by atoms with Crippen LogP contribution in [-0.2, 0) is 53.2 Å². The zero-order chi connectivity index (χ0) is 47.3. The molecule has 0 spiro atoms. The summed E-state index contributed by atoms with van der Waals surface area (Å²) in [5.41, 5.74) is 14.8. The molecule has 5 aromatic rings. The minimum Gasteiger partial charge on any atom is -0.461 e. The van der Waals surface area contributed by atoms with Crippen LogP contribution >= 0.6 is 0 Å². The topological polar surface area (TPSA) is 196 Å². The summed E-state index contributed by atoms with van der Waals surface area (Å²) in [6, 6.07) is 26.6. The molecule has 0 aliphatic rings. The molecule has 15 heteroatoms. The van der Waals surface area contributed by atoms with Gasteiger partial charge in [-0.05, 0) is 59.7 Å². The first-order chi connectivity index (χ1) is 31.0. The first-order valence-electron chi connectivity index (χ1n) is 21.3. The Morgan fingerprint density at radius 3 is 1.92 bits per heavy atom. The van der Waals surface area contributed by atoms with Gasteiger partial charge in [0.2, 0.25) is 11.8 Å². The molecule has 65 heavy (non-hydrogen) atoms. The summed E-state index contributed by atoms with van der Waals surface area (Å²) in [6.45, 7) is 5.84. The van der Waals surface area contributed by atoms with Crippen molar-refractivity contribution in [2.24, 2.45) is 22.8 Å². The Kier molecular flexibility index (Phi) is 17.4. The number of carbonyl (C=O) groups is 5. The molecule has 344 valence electrons. The Hall–Kier alpha value is -6.55. The standard InChI is InChI=1S/C50H57F2N5O8/c1-32(53)46(61)39(26-44(60)64-30-34-16-10-6-11-17-34)45(49(63)65-31-35-18-12-7-13-19-35)55-48(62)41(54)22-23-57(43(59)29-58)47(50(2,3)4)42-24-36(38-25-37(51)20-21-40(38)52)28-56(42)27-33-14-8-5-9-15-33/h5-21,24-25,28,32,39,41,45,47,58H,22-23,26-27,29-31,53-54H2,1-4H3,(H,55,62). The number of hydrogen-bond donors (Lipinski definition) is 4. The van der Waals surface area contributed by atoms with Crippen molar-refractivity contribution in [1.82, 2.24) is 14.8 Å². The number of rotatable bonds is 21. The Bertz CT molecular complexity index is 2390. The van der Waals surface area contributed by atoms with Crippen molar-refractivity contribution in [2.45, 2.75) is 84.5 Å². The molecule has 1 aromatic heterocycles. The van der Waals surface area contributed by atoms with Gasteiger partial charge in [-0.15, -0.1) is 0 Å². The van der Waals surface area contributed by atoms with E-state index in [0.29, 0.717) is 22.4 Å². The lowest BCUT2D eigenvalue weighted by atomic mass is 9.82. The van der Waals surface area contributed by atoms with Gasteiger partial charge in [0, 0.05) is 36.1 Å². The maximum Gasteiger partial charge on any atom is 0.329 e. The molecule has 2 amide bonds. The lowest BCUT2D eigenvalue weighted by Gasteiger charge is -2.41. The minimum atomic E-state index is -1.74. The number of aliphatic hydroxyl groups is 1. The zero-order valence-corrected chi connectivity index (χ0v) is 37.0. The highest BCUT2D eigenvalue weighted by molar-refractivity contribution is 5.96. The van der Waals surface area contributed by atoms with E-state index in [0.717, 1.165) is 23.8 Å². The first-order valence-corrected chi connectivity index (χ1v) is 21.3. The number of amides is 2. The largest absolute Gasteiger partial charge is 0.461 e. The summed E-state index contributed by atoms with van der Waals surface area (Å²) in [4.78, 5) is 70.1. The van der Waals surface area contributed by atoms with Crippen molar-refractivity contribution in [1.29, 1.82) is 0 Å². The maximum absolute atomic E-state index is 15.2. The summed E-state index contributed by atoms with van der Waals surface area (Å²) in [5.74, 6) is -7.02. The molecule has 0 saturated carbocycles. The smallest absolute Gasteiger partial charge is 0.329 e. The summed E-state index contributed by atoms with van der Waals surface area (Å²) in [6.07, 6.45) is 0.823. The van der Waals surface area contributed by atoms with Crippen LogP contribution in [0, 0.1) is 23.0 Å². The SMILES string of the molecule is CC(N)C(=O)C(CC(=O)OCc1ccccc1)C(NC(=O)C(N)CCN(C(=O)CO)C(c1cc(-c2cc(F)ccc2F)cn1Cc1ccccc1)C(C)(C)C)C(=O)OCc1ccccc1. The number of benzene rings is 4. The Labute approximate surface area is 377 Å². The average molecular weight is 894 g/mol. The van der Waals surface area contributed by atoms with Crippen molar-refractivity contribution >= 4 is 29.5 Å². The number of aromatic nitrogens is 1. The van der Waals surface area contributed by atoms with Crippen molar-refractivity contribution < 1.29 is 47.3 Å². The number of Topliss-reactive ketones (excluding diaryl/α,β-unsaturated/α-hetero) is 1. The van der Waals surface area contributed by atoms with E-state index in [9.17, 15) is 33.5 Å². The Morgan fingerprint density at radius 2 is 1.37 bits per heavy atom. The van der Waals surface area contributed by atoms with E-state index in [-0.39, 0.29) is 38.3 Å². The molecule has 0 saturated heterocycles. The summed E-state index contributed by atoms with van der Waals surface area (Å²) in [7, 11) is 0. The fraction of sp³-hybridized carbons (Fsp3) is 0.340. The van der Waals surface area contributed by atoms with Gasteiger partial charge in [-0.25, -0.2) is 13.6 Å². The van der Waals surface area contributed by atoms with E-state index in [1.165, 1.54) is 11.8 Å². The number of ether oxygens (including phenoxy) is 2. The van der Waals surface area contributed by atoms with Crippen molar-refractivity contribution in [2.75, 3.05) is 13.2 Å². The lowest BCUT2D eigenvalue weighted by molar-refractivity contribution is -0.156. The van der Waals surface area contributed by atoms with Crippen LogP contribution in [0.5, 0.6) is 0 Å². The molecule has 13 nitrogen and oxygen atoms in total. The van der Waals surface area contributed by atoms with Crippen molar-refractivity contribution in [3.05, 3.63) is 155 Å². The van der Waals surface area contributed by atoms with Crippen molar-refractivity contribution in [3.8, 4) is 11.1 Å². The molecule has 1 heterocycles. The van der Waals surface area contributed by atoms with E-state index in [4.69, 9.17) is 20.9 Å². The number of esters is 2. The van der Waals surface area contributed by atoms with Gasteiger partial charge in [0.1, 0.15) is 37.5 Å². The van der Waals surface area contributed by atoms with Crippen LogP contribution in [0.15, 0.2) is 121 Å². The third kappa shape index (κ3) is 13.7. The first kappa shape index (κ1) is 49.5. The van der Waals surface area contributed by atoms with Gasteiger partial charge in [0.25, 0.3) is 0 Å². The molecular formula is C50H57F2N5O8. The number of nitrogens with two attached hydrogens (primary N) is 2. The second kappa shape index (κ2) is 22.9. The number of aliphatic hydroxyl groups excluding tert-OH is 1. The number of halogens is 2. The second-order valence-electron chi connectivity index (χ2n) is 17.0. The Morgan fingerprint density at radius 1 is 0.800 bits per heavy atom. The van der Waals surface area contributed by atoms with Crippen LogP contribution in [0.2, 0.25) is 0 Å². The van der Waals surface area contributed by atoms with Gasteiger partial charge in [-0.3, -0.25) is 19.2 Å². The molecule has 0 fully saturated rings. The van der Waals surface area contributed by atoms with Crippen molar-refractivity contribution in [3.63, 3.8) is 0 Å². The third-order valence-electron chi connectivity index (χ3n) is 10.9. The zero-order valence-electron chi connectivity index (χ0n) is 37.0. The average Bonchev–Trinajstić information content (AvgIpc) is 3.69. The molecule has 5 atom stereocenters. The van der Waals surface area contributed by atoms with Gasteiger partial charge < -0.3 is 40.8 Å². The van der Waals surface area contributed by atoms with Gasteiger partial charge in [-0.2, -0.15) is 0 Å². The molecule has 0 bridgehead atoms. The number of nitrogens with zero attached hydrogens (tertiary/aromatic N) is 2. The van der Waals surface area contributed by atoms with E-state index >= 15 is 4.39 Å². The van der Waals surface area contributed by atoms with Gasteiger partial charge >= 0.3 is 11.9 Å². The molecule has 0 aliphatic carbocycles. The van der Waals surface area contributed by atoms with E-state index in [1.807, 2.05) is 55.7 Å². The second-order valence-corrected chi connectivity index (χ2v) is 17.0. The molecule has 0 aliphatic heterocycles. The van der Waals surface area contributed by atoms with Crippen LogP contribution < -0.4 is 16.8 Å². The number of carbonyl (C=O) groups excluding carboxylic acids is 5. The Balaban J connectivity index is 1.44.